The van der Waals surface area contributed by atoms with Gasteiger partial charge in [0.15, 0.2) is 5.16 Å². The highest BCUT2D eigenvalue weighted by atomic mass is 79.9. The van der Waals surface area contributed by atoms with E-state index in [-0.39, 0.29) is 11.4 Å². The molecule has 2 aromatic rings. The summed E-state index contributed by atoms with van der Waals surface area (Å²) in [7, 11) is 0. The maximum atomic E-state index is 13.6. The lowest BCUT2D eigenvalue weighted by Crippen LogP contribution is -2.08. The Morgan fingerprint density at radius 1 is 1.44 bits per heavy atom. The predicted molar refractivity (Wildman–Crippen MR) is 73.3 cm³/mol. The van der Waals surface area contributed by atoms with Crippen molar-refractivity contribution in [1.29, 1.82) is 0 Å². The highest BCUT2D eigenvalue weighted by Gasteiger charge is 2.05. The van der Waals surface area contributed by atoms with Gasteiger partial charge < -0.3 is 4.98 Å². The van der Waals surface area contributed by atoms with Crippen LogP contribution in [0.4, 0.5) is 4.39 Å². The number of nitrogens with one attached hydrogen (secondary N) is 1. The summed E-state index contributed by atoms with van der Waals surface area (Å²) in [4.78, 5) is 18.0. The molecule has 0 bridgehead atoms. The SMILES string of the molecule is Cc1cc(=O)[nH]c(SCc2ccc(Br)cc2F)n1. The zero-order chi connectivity index (χ0) is 13.1. The van der Waals surface area contributed by atoms with Crippen molar-refractivity contribution in [1.82, 2.24) is 9.97 Å². The van der Waals surface area contributed by atoms with Crippen molar-refractivity contribution in [3.05, 3.63) is 56.2 Å². The zero-order valence-electron chi connectivity index (χ0n) is 9.54. The second-order valence-electron chi connectivity index (χ2n) is 3.72. The minimum Gasteiger partial charge on any atom is -0.301 e. The van der Waals surface area contributed by atoms with E-state index in [0.29, 0.717) is 26.6 Å². The number of thioether (sulfide) groups is 1. The van der Waals surface area contributed by atoms with Gasteiger partial charge in [0, 0.05) is 22.0 Å². The summed E-state index contributed by atoms with van der Waals surface area (Å²) in [5.41, 5.74) is 1.03. The van der Waals surface area contributed by atoms with Crippen molar-refractivity contribution in [2.24, 2.45) is 0 Å². The predicted octanol–water partition coefficient (Wildman–Crippen LogP) is 3.27. The lowest BCUT2D eigenvalue weighted by Gasteiger charge is -2.03. The van der Waals surface area contributed by atoms with Crippen molar-refractivity contribution in [2.75, 3.05) is 0 Å². The Kier molecular flexibility index (Phi) is 4.19. The minimum absolute atomic E-state index is 0.193. The van der Waals surface area contributed by atoms with Crippen molar-refractivity contribution in [3.8, 4) is 0 Å². The van der Waals surface area contributed by atoms with Crippen LogP contribution in [0.3, 0.4) is 0 Å². The van der Waals surface area contributed by atoms with Gasteiger partial charge in [-0.2, -0.15) is 0 Å². The van der Waals surface area contributed by atoms with E-state index in [1.807, 2.05) is 0 Å². The number of aromatic amines is 1. The molecule has 6 heteroatoms. The number of aromatic nitrogens is 2. The Morgan fingerprint density at radius 3 is 2.89 bits per heavy atom. The van der Waals surface area contributed by atoms with E-state index in [1.54, 1.807) is 19.1 Å². The molecule has 0 aliphatic carbocycles. The summed E-state index contributed by atoms with van der Waals surface area (Å²) in [5, 5.41) is 0.502. The van der Waals surface area contributed by atoms with E-state index in [4.69, 9.17) is 0 Å². The van der Waals surface area contributed by atoms with Crippen LogP contribution in [-0.2, 0) is 5.75 Å². The van der Waals surface area contributed by atoms with E-state index in [2.05, 4.69) is 25.9 Å². The number of halogens is 2. The van der Waals surface area contributed by atoms with Crippen LogP contribution in [-0.4, -0.2) is 9.97 Å². The molecule has 18 heavy (non-hydrogen) atoms. The fourth-order valence-corrected chi connectivity index (χ4v) is 2.65. The summed E-state index contributed by atoms with van der Waals surface area (Å²) in [6.07, 6.45) is 0. The lowest BCUT2D eigenvalue weighted by molar-refractivity contribution is 0.616. The Balaban J connectivity index is 2.13. The highest BCUT2D eigenvalue weighted by Crippen LogP contribution is 2.22. The number of rotatable bonds is 3. The van der Waals surface area contributed by atoms with Gasteiger partial charge in [0.2, 0.25) is 0 Å². The summed E-state index contributed by atoms with van der Waals surface area (Å²) in [6, 6.07) is 6.33. The Labute approximate surface area is 116 Å². The van der Waals surface area contributed by atoms with E-state index >= 15 is 0 Å². The molecule has 0 aliphatic heterocycles. The number of aryl methyl sites for hydroxylation is 1. The maximum absolute atomic E-state index is 13.6. The van der Waals surface area contributed by atoms with E-state index in [0.717, 1.165) is 0 Å². The molecule has 0 fully saturated rings. The van der Waals surface area contributed by atoms with Gasteiger partial charge >= 0.3 is 0 Å². The second kappa shape index (κ2) is 5.67. The van der Waals surface area contributed by atoms with E-state index in [1.165, 1.54) is 23.9 Å². The van der Waals surface area contributed by atoms with Crippen molar-refractivity contribution in [2.45, 2.75) is 17.8 Å². The molecule has 94 valence electrons. The molecule has 1 heterocycles. The first-order chi connectivity index (χ1) is 8.54. The van der Waals surface area contributed by atoms with Gasteiger partial charge in [0.25, 0.3) is 5.56 Å². The van der Waals surface area contributed by atoms with Crippen LogP contribution in [0.1, 0.15) is 11.3 Å². The summed E-state index contributed by atoms with van der Waals surface area (Å²) in [6.45, 7) is 1.75. The molecule has 0 aliphatic rings. The van der Waals surface area contributed by atoms with Crippen LogP contribution in [0.2, 0.25) is 0 Å². The Bertz CT molecular complexity index is 630. The quantitative estimate of drug-likeness (QED) is 0.694. The fourth-order valence-electron chi connectivity index (χ4n) is 1.40. The highest BCUT2D eigenvalue weighted by molar-refractivity contribution is 9.10. The third-order valence-electron chi connectivity index (χ3n) is 2.23. The van der Waals surface area contributed by atoms with Crippen molar-refractivity contribution < 1.29 is 4.39 Å². The molecule has 0 saturated heterocycles. The molecule has 0 atom stereocenters. The fraction of sp³-hybridized carbons (Fsp3) is 0.167. The van der Waals surface area contributed by atoms with Gasteiger partial charge in [-0.05, 0) is 24.6 Å². The minimum atomic E-state index is -0.271. The number of benzene rings is 1. The second-order valence-corrected chi connectivity index (χ2v) is 5.60. The molecular formula is C12H10BrFN2OS. The number of nitrogens with zero attached hydrogens (tertiary/aromatic N) is 1. The molecule has 0 amide bonds. The molecule has 0 unspecified atom stereocenters. The standard InChI is InChI=1S/C12H10BrFN2OS/c1-7-4-11(17)16-12(15-7)18-6-8-2-3-9(13)5-10(8)14/h2-5H,6H2,1H3,(H,15,16,17). The van der Waals surface area contributed by atoms with Crippen molar-refractivity contribution in [3.63, 3.8) is 0 Å². The third-order valence-corrected chi connectivity index (χ3v) is 3.64. The Morgan fingerprint density at radius 2 is 2.22 bits per heavy atom. The van der Waals surface area contributed by atoms with Crippen LogP contribution in [0, 0.1) is 12.7 Å². The van der Waals surface area contributed by atoms with Gasteiger partial charge in [0.05, 0.1) is 0 Å². The number of hydrogen-bond acceptors (Lipinski definition) is 3. The van der Waals surface area contributed by atoms with E-state index < -0.39 is 0 Å². The van der Waals surface area contributed by atoms with Gasteiger partial charge in [-0.1, -0.05) is 33.8 Å². The van der Waals surface area contributed by atoms with Gasteiger partial charge in [0.1, 0.15) is 5.82 Å². The first kappa shape index (κ1) is 13.3. The molecule has 1 N–H and O–H groups in total. The Hall–Kier alpha value is -1.14. The molecule has 0 saturated carbocycles. The van der Waals surface area contributed by atoms with Crippen LogP contribution >= 0.6 is 27.7 Å². The van der Waals surface area contributed by atoms with E-state index in [9.17, 15) is 9.18 Å². The summed E-state index contributed by atoms with van der Waals surface area (Å²) < 4.78 is 14.3. The van der Waals surface area contributed by atoms with Gasteiger partial charge in [-0.3, -0.25) is 4.79 Å². The topological polar surface area (TPSA) is 45.8 Å². The smallest absolute Gasteiger partial charge is 0.251 e. The molecule has 2 rings (SSSR count). The molecule has 0 spiro atoms. The maximum Gasteiger partial charge on any atom is 0.251 e. The van der Waals surface area contributed by atoms with Gasteiger partial charge in [-0.25, -0.2) is 9.37 Å². The first-order valence-corrected chi connectivity index (χ1v) is 6.97. The summed E-state index contributed by atoms with van der Waals surface area (Å²) >= 11 is 4.50. The third kappa shape index (κ3) is 3.43. The van der Waals surface area contributed by atoms with Gasteiger partial charge in [-0.15, -0.1) is 0 Å². The summed E-state index contributed by atoms with van der Waals surface area (Å²) in [5.74, 6) is 0.151. The molecular weight excluding hydrogens is 319 g/mol. The van der Waals surface area contributed by atoms with Crippen molar-refractivity contribution >= 4 is 27.7 Å². The first-order valence-electron chi connectivity index (χ1n) is 5.19. The average molecular weight is 329 g/mol. The molecule has 1 aromatic carbocycles. The van der Waals surface area contributed by atoms with Crippen LogP contribution < -0.4 is 5.56 Å². The van der Waals surface area contributed by atoms with Crippen LogP contribution in [0.5, 0.6) is 0 Å². The normalized spacial score (nSPS) is 10.6. The van der Waals surface area contributed by atoms with Crippen LogP contribution in [0.15, 0.2) is 38.7 Å². The number of hydrogen-bond donors (Lipinski definition) is 1. The average Bonchev–Trinajstić information content (AvgIpc) is 2.26. The largest absolute Gasteiger partial charge is 0.301 e. The zero-order valence-corrected chi connectivity index (χ0v) is 11.9. The monoisotopic (exact) mass is 328 g/mol. The number of H-pyrrole nitrogens is 1. The molecule has 3 nitrogen and oxygen atoms in total. The lowest BCUT2D eigenvalue weighted by atomic mass is 10.2. The van der Waals surface area contributed by atoms with Crippen LogP contribution in [0.25, 0.3) is 0 Å². The molecule has 1 aromatic heterocycles. The molecule has 0 radical (unpaired) electrons.